The highest BCUT2D eigenvalue weighted by Crippen LogP contribution is 2.39. The number of carboxylic acids is 1. The Kier molecular flexibility index (Phi) is 3.36. The van der Waals surface area contributed by atoms with Gasteiger partial charge in [0.1, 0.15) is 22.7 Å². The second-order valence-electron chi connectivity index (χ2n) is 5.83. The number of fused-ring (bicyclic) bond motifs is 1. The number of ether oxygens (including phenoxy) is 2. The van der Waals surface area contributed by atoms with Crippen LogP contribution in [0.1, 0.15) is 26.0 Å². The van der Waals surface area contributed by atoms with Crippen LogP contribution in [-0.2, 0) is 10.3 Å². The van der Waals surface area contributed by atoms with E-state index < -0.39 is 11.6 Å². The first-order chi connectivity index (χ1) is 11.5. The molecule has 0 saturated carbocycles. The van der Waals surface area contributed by atoms with E-state index in [0.717, 1.165) is 9.88 Å². The average Bonchev–Trinajstić information content (AvgIpc) is 3.05. The minimum absolute atomic E-state index is 0.169. The van der Waals surface area contributed by atoms with Crippen LogP contribution in [-0.4, -0.2) is 29.3 Å². The van der Waals surface area contributed by atoms with Gasteiger partial charge in [-0.2, -0.15) is 0 Å². The number of benzene rings is 1. The molecule has 0 atom stereocenters. The van der Waals surface area contributed by atoms with E-state index in [-0.39, 0.29) is 5.56 Å². The Morgan fingerprint density at radius 3 is 2.75 bits per heavy atom. The highest BCUT2D eigenvalue weighted by molar-refractivity contribution is 7.11. The summed E-state index contributed by atoms with van der Waals surface area (Å²) in [6.45, 7) is 4.48. The van der Waals surface area contributed by atoms with Crippen molar-refractivity contribution >= 4 is 28.3 Å². The van der Waals surface area contributed by atoms with Gasteiger partial charge >= 0.3 is 5.97 Å². The molecule has 124 valence electrons. The van der Waals surface area contributed by atoms with Crippen molar-refractivity contribution in [3.8, 4) is 5.75 Å². The Morgan fingerprint density at radius 1 is 1.38 bits per heavy atom. The number of carbonyl (C=O) groups is 1. The van der Waals surface area contributed by atoms with Gasteiger partial charge in [-0.1, -0.05) is 0 Å². The van der Waals surface area contributed by atoms with Gasteiger partial charge < -0.3 is 19.0 Å². The van der Waals surface area contributed by atoms with Crippen molar-refractivity contribution in [3.05, 3.63) is 45.6 Å². The fraction of sp³-hybridized carbons (Fsp3) is 0.294. The fourth-order valence-electron chi connectivity index (χ4n) is 2.86. The first kappa shape index (κ1) is 15.2. The molecule has 4 rings (SSSR count). The van der Waals surface area contributed by atoms with Crippen molar-refractivity contribution in [2.45, 2.75) is 19.4 Å². The molecule has 3 aromatic rings. The van der Waals surface area contributed by atoms with Gasteiger partial charge in [0.15, 0.2) is 5.60 Å². The van der Waals surface area contributed by atoms with Gasteiger partial charge in [0.25, 0.3) is 0 Å². The lowest BCUT2D eigenvalue weighted by Crippen LogP contribution is -2.51. The van der Waals surface area contributed by atoms with Gasteiger partial charge in [0.2, 0.25) is 0 Å². The number of aromatic nitrogens is 1. The highest BCUT2D eigenvalue weighted by Gasteiger charge is 2.44. The number of hydrogen-bond acceptors (Lipinski definition) is 6. The Balaban J connectivity index is 1.74. The molecular formula is C17H15NO5S. The van der Waals surface area contributed by atoms with Crippen LogP contribution in [0.15, 0.2) is 28.8 Å². The molecule has 24 heavy (non-hydrogen) atoms. The summed E-state index contributed by atoms with van der Waals surface area (Å²) in [5.41, 5.74) is 0.148. The second kappa shape index (κ2) is 5.32. The number of nitrogens with zero attached hydrogens (tertiary/aromatic N) is 1. The third kappa shape index (κ3) is 2.28. The SMILES string of the molecule is Cc1ncc(C2(Oc3ccc4oc(C)c(C(=O)O)c4c3)COC2)s1. The van der Waals surface area contributed by atoms with E-state index in [2.05, 4.69) is 4.98 Å². The largest absolute Gasteiger partial charge is 0.478 e. The maximum atomic E-state index is 11.5. The normalized spacial score (nSPS) is 16.1. The summed E-state index contributed by atoms with van der Waals surface area (Å²) < 4.78 is 17.1. The standard InChI is InChI=1S/C17H15NO5S/c1-9-15(16(19)20)12-5-11(3-4-13(12)22-9)23-17(7-21-8-17)14-6-18-10(2)24-14/h3-6H,7-8H2,1-2H3,(H,19,20). The first-order valence-electron chi connectivity index (χ1n) is 7.45. The molecule has 0 aliphatic carbocycles. The molecule has 2 aromatic heterocycles. The van der Waals surface area contributed by atoms with E-state index in [1.54, 1.807) is 36.5 Å². The predicted molar refractivity (Wildman–Crippen MR) is 87.9 cm³/mol. The molecule has 0 radical (unpaired) electrons. The van der Waals surface area contributed by atoms with Gasteiger partial charge in [-0.25, -0.2) is 9.78 Å². The zero-order valence-corrected chi connectivity index (χ0v) is 14.0. The van der Waals surface area contributed by atoms with Gasteiger partial charge in [0.05, 0.1) is 23.1 Å². The van der Waals surface area contributed by atoms with Gasteiger partial charge in [0, 0.05) is 11.6 Å². The molecule has 0 unspecified atom stereocenters. The number of aromatic carboxylic acids is 1. The summed E-state index contributed by atoms with van der Waals surface area (Å²) in [6, 6.07) is 5.23. The highest BCUT2D eigenvalue weighted by atomic mass is 32.1. The monoisotopic (exact) mass is 345 g/mol. The van der Waals surface area contributed by atoms with Crippen LogP contribution in [0.2, 0.25) is 0 Å². The minimum Gasteiger partial charge on any atom is -0.478 e. The van der Waals surface area contributed by atoms with Crippen molar-refractivity contribution in [1.29, 1.82) is 0 Å². The zero-order chi connectivity index (χ0) is 16.9. The molecule has 0 bridgehead atoms. The molecule has 1 fully saturated rings. The van der Waals surface area contributed by atoms with E-state index in [9.17, 15) is 9.90 Å². The molecule has 1 aromatic carbocycles. The fourth-order valence-corrected chi connectivity index (χ4v) is 3.74. The molecule has 7 heteroatoms. The lowest BCUT2D eigenvalue weighted by Gasteiger charge is -2.40. The maximum absolute atomic E-state index is 11.5. The van der Waals surface area contributed by atoms with Crippen LogP contribution in [0.3, 0.4) is 0 Å². The summed E-state index contributed by atoms with van der Waals surface area (Å²) >= 11 is 1.58. The van der Waals surface area contributed by atoms with Crippen LogP contribution >= 0.6 is 11.3 Å². The quantitative estimate of drug-likeness (QED) is 0.779. The predicted octanol–water partition coefficient (Wildman–Crippen LogP) is 3.51. The van der Waals surface area contributed by atoms with Crippen LogP contribution in [0, 0.1) is 13.8 Å². The molecule has 1 aliphatic heterocycles. The summed E-state index contributed by atoms with van der Waals surface area (Å²) in [5, 5.41) is 10.9. The average molecular weight is 345 g/mol. The summed E-state index contributed by atoms with van der Waals surface area (Å²) in [4.78, 5) is 16.8. The Labute approximate surface area is 141 Å². The topological polar surface area (TPSA) is 81.8 Å². The van der Waals surface area contributed by atoms with Crippen LogP contribution < -0.4 is 4.74 Å². The number of aryl methyl sites for hydroxylation is 2. The van der Waals surface area contributed by atoms with E-state index in [0.29, 0.717) is 35.7 Å². The van der Waals surface area contributed by atoms with E-state index >= 15 is 0 Å². The number of carboxylic acid groups (broad SMARTS) is 1. The molecular weight excluding hydrogens is 330 g/mol. The third-order valence-electron chi connectivity index (χ3n) is 4.10. The summed E-state index contributed by atoms with van der Waals surface area (Å²) in [6.07, 6.45) is 1.81. The van der Waals surface area contributed by atoms with Crippen molar-refractivity contribution in [1.82, 2.24) is 4.98 Å². The van der Waals surface area contributed by atoms with Crippen LogP contribution in [0.4, 0.5) is 0 Å². The third-order valence-corrected chi connectivity index (χ3v) is 5.20. The number of hydrogen-bond donors (Lipinski definition) is 1. The van der Waals surface area contributed by atoms with Crippen LogP contribution in [0.25, 0.3) is 11.0 Å². The van der Waals surface area contributed by atoms with Crippen molar-refractivity contribution in [3.63, 3.8) is 0 Å². The van der Waals surface area contributed by atoms with E-state index in [1.807, 2.05) is 13.1 Å². The number of thiazole rings is 1. The second-order valence-corrected chi connectivity index (χ2v) is 7.06. The molecule has 1 aliphatic rings. The van der Waals surface area contributed by atoms with Crippen molar-refractivity contribution in [2.24, 2.45) is 0 Å². The van der Waals surface area contributed by atoms with Gasteiger partial charge in [-0.05, 0) is 32.0 Å². The number of rotatable bonds is 4. The zero-order valence-electron chi connectivity index (χ0n) is 13.2. The molecule has 3 heterocycles. The van der Waals surface area contributed by atoms with Crippen LogP contribution in [0.5, 0.6) is 5.75 Å². The molecule has 0 amide bonds. The maximum Gasteiger partial charge on any atom is 0.339 e. The molecule has 6 nitrogen and oxygen atoms in total. The van der Waals surface area contributed by atoms with Gasteiger partial charge in [-0.15, -0.1) is 11.3 Å². The van der Waals surface area contributed by atoms with Gasteiger partial charge in [-0.3, -0.25) is 0 Å². The molecule has 1 saturated heterocycles. The lowest BCUT2D eigenvalue weighted by atomic mass is 10.0. The van der Waals surface area contributed by atoms with Crippen molar-refractivity contribution < 1.29 is 23.8 Å². The Bertz CT molecular complexity index is 938. The summed E-state index contributed by atoms with van der Waals surface area (Å²) in [7, 11) is 0. The smallest absolute Gasteiger partial charge is 0.339 e. The van der Waals surface area contributed by atoms with Crippen molar-refractivity contribution in [2.75, 3.05) is 13.2 Å². The lowest BCUT2D eigenvalue weighted by molar-refractivity contribution is -0.165. The summed E-state index contributed by atoms with van der Waals surface area (Å²) in [5.74, 6) is -0.0438. The van der Waals surface area contributed by atoms with E-state index in [1.165, 1.54) is 0 Å². The van der Waals surface area contributed by atoms with E-state index in [4.69, 9.17) is 13.9 Å². The molecule has 0 spiro atoms. The number of furan rings is 1. The molecule has 1 N–H and O–H groups in total. The Morgan fingerprint density at radius 2 is 2.17 bits per heavy atom. The Hall–Kier alpha value is -2.38. The minimum atomic E-state index is -1.01. The first-order valence-corrected chi connectivity index (χ1v) is 8.26.